The van der Waals surface area contributed by atoms with Crippen molar-refractivity contribution in [2.75, 3.05) is 25.9 Å². The number of nitrogens with zero attached hydrogens (tertiary/aromatic N) is 1. The molecule has 0 amide bonds. The van der Waals surface area contributed by atoms with Gasteiger partial charge in [-0.3, -0.25) is 0 Å². The van der Waals surface area contributed by atoms with Gasteiger partial charge in [-0.2, -0.15) is 4.31 Å². The van der Waals surface area contributed by atoms with Crippen molar-refractivity contribution in [1.82, 2.24) is 4.31 Å². The first-order valence-electron chi connectivity index (χ1n) is 6.04. The summed E-state index contributed by atoms with van der Waals surface area (Å²) in [5.41, 5.74) is 5.22. The number of hydrogen-bond donors (Lipinski definition) is 1. The van der Waals surface area contributed by atoms with Crippen LogP contribution in [0.2, 0.25) is 0 Å². The third kappa shape index (κ3) is 3.05. The smallest absolute Gasteiger partial charge is 0.242 e. The quantitative estimate of drug-likeness (QED) is 0.845. The van der Waals surface area contributed by atoms with Crippen LogP contribution in [0, 0.1) is 5.82 Å². The number of anilines is 1. The lowest BCUT2D eigenvalue weighted by Gasteiger charge is -2.20. The number of nitrogens with two attached hydrogens (primary N) is 1. The molecule has 106 valence electrons. The van der Waals surface area contributed by atoms with Gasteiger partial charge in [0.1, 0.15) is 5.82 Å². The predicted octanol–water partition coefficient (Wildman–Crippen LogP) is 1.21. The lowest BCUT2D eigenvalue weighted by Crippen LogP contribution is -2.34. The molecular formula is C12H17FN2O3S. The number of hydrogen-bond acceptors (Lipinski definition) is 4. The average molecular weight is 288 g/mol. The van der Waals surface area contributed by atoms with Crippen LogP contribution in [-0.4, -0.2) is 39.0 Å². The van der Waals surface area contributed by atoms with E-state index in [1.165, 1.54) is 17.4 Å². The van der Waals surface area contributed by atoms with Gasteiger partial charge in [-0.1, -0.05) is 0 Å². The minimum Gasteiger partial charge on any atom is -0.396 e. The Morgan fingerprint density at radius 2 is 2.26 bits per heavy atom. The van der Waals surface area contributed by atoms with Gasteiger partial charge < -0.3 is 10.5 Å². The maximum atomic E-state index is 13.1. The molecule has 1 saturated heterocycles. The maximum Gasteiger partial charge on any atom is 0.242 e. The SMILES string of the molecule is CN(CC1CCCO1)S(=O)(=O)c1ccc(F)c(N)c1. The lowest BCUT2D eigenvalue weighted by molar-refractivity contribution is 0.0979. The Kier molecular flexibility index (Phi) is 4.07. The van der Waals surface area contributed by atoms with E-state index >= 15 is 0 Å². The fraction of sp³-hybridized carbons (Fsp3) is 0.500. The van der Waals surface area contributed by atoms with Gasteiger partial charge in [0.15, 0.2) is 0 Å². The summed E-state index contributed by atoms with van der Waals surface area (Å²) >= 11 is 0. The van der Waals surface area contributed by atoms with E-state index < -0.39 is 15.8 Å². The van der Waals surface area contributed by atoms with Crippen LogP contribution in [0.25, 0.3) is 0 Å². The van der Waals surface area contributed by atoms with Crippen LogP contribution in [0.15, 0.2) is 23.1 Å². The van der Waals surface area contributed by atoms with Crippen molar-refractivity contribution < 1.29 is 17.5 Å². The molecule has 0 aliphatic carbocycles. The van der Waals surface area contributed by atoms with Gasteiger partial charge in [0, 0.05) is 20.2 Å². The highest BCUT2D eigenvalue weighted by Crippen LogP contribution is 2.21. The summed E-state index contributed by atoms with van der Waals surface area (Å²) in [5.74, 6) is -0.624. The predicted molar refractivity (Wildman–Crippen MR) is 69.6 cm³/mol. The Hall–Kier alpha value is -1.18. The van der Waals surface area contributed by atoms with Crippen molar-refractivity contribution in [3.63, 3.8) is 0 Å². The molecule has 0 radical (unpaired) electrons. The molecule has 5 nitrogen and oxygen atoms in total. The van der Waals surface area contributed by atoms with Gasteiger partial charge in [0.05, 0.1) is 16.7 Å². The molecule has 0 aromatic heterocycles. The second-order valence-electron chi connectivity index (χ2n) is 4.60. The minimum absolute atomic E-state index is 0.00750. The van der Waals surface area contributed by atoms with E-state index in [1.54, 1.807) is 0 Å². The molecule has 1 unspecified atom stereocenters. The third-order valence-electron chi connectivity index (χ3n) is 3.16. The molecule has 1 aliphatic rings. The maximum absolute atomic E-state index is 13.1. The molecule has 0 bridgehead atoms. The summed E-state index contributed by atoms with van der Waals surface area (Å²) in [4.78, 5) is -0.00750. The largest absolute Gasteiger partial charge is 0.396 e. The van der Waals surface area contributed by atoms with Crippen LogP contribution in [0.5, 0.6) is 0 Å². The molecular weight excluding hydrogens is 271 g/mol. The summed E-state index contributed by atoms with van der Waals surface area (Å²) in [6.45, 7) is 0.960. The Bertz CT molecular complexity index is 556. The summed E-state index contributed by atoms with van der Waals surface area (Å²) < 4.78 is 44.2. The van der Waals surface area contributed by atoms with Crippen LogP contribution < -0.4 is 5.73 Å². The molecule has 1 aliphatic heterocycles. The van der Waals surface area contributed by atoms with Crippen molar-refractivity contribution in [2.24, 2.45) is 0 Å². The average Bonchev–Trinajstić information content (AvgIpc) is 2.85. The summed E-state index contributed by atoms with van der Waals surface area (Å²) in [7, 11) is -2.18. The van der Waals surface area contributed by atoms with Crippen LogP contribution >= 0.6 is 0 Å². The lowest BCUT2D eigenvalue weighted by atomic mass is 10.2. The molecule has 1 aromatic carbocycles. The molecule has 19 heavy (non-hydrogen) atoms. The number of benzene rings is 1. The molecule has 1 atom stereocenters. The third-order valence-corrected chi connectivity index (χ3v) is 4.98. The normalized spacial score (nSPS) is 20.1. The zero-order valence-electron chi connectivity index (χ0n) is 10.7. The van der Waals surface area contributed by atoms with Crippen LogP contribution in [0.4, 0.5) is 10.1 Å². The van der Waals surface area contributed by atoms with Crippen molar-refractivity contribution in [2.45, 2.75) is 23.8 Å². The first kappa shape index (κ1) is 14.2. The summed E-state index contributed by atoms with van der Waals surface area (Å²) in [6.07, 6.45) is 1.73. The van der Waals surface area contributed by atoms with E-state index in [4.69, 9.17) is 10.5 Å². The fourth-order valence-electron chi connectivity index (χ4n) is 2.04. The van der Waals surface area contributed by atoms with Crippen molar-refractivity contribution >= 4 is 15.7 Å². The Morgan fingerprint density at radius 3 is 2.84 bits per heavy atom. The van der Waals surface area contributed by atoms with Crippen LogP contribution in [-0.2, 0) is 14.8 Å². The fourth-order valence-corrected chi connectivity index (χ4v) is 3.27. The van der Waals surface area contributed by atoms with Crippen molar-refractivity contribution in [3.8, 4) is 0 Å². The number of ether oxygens (including phenoxy) is 1. The van der Waals surface area contributed by atoms with Gasteiger partial charge in [-0.15, -0.1) is 0 Å². The van der Waals surface area contributed by atoms with Crippen molar-refractivity contribution in [1.29, 1.82) is 0 Å². The molecule has 7 heteroatoms. The number of nitrogen functional groups attached to an aromatic ring is 1. The highest BCUT2D eigenvalue weighted by Gasteiger charge is 2.26. The second kappa shape index (κ2) is 5.44. The molecule has 0 spiro atoms. The molecule has 1 heterocycles. The van der Waals surface area contributed by atoms with E-state index in [2.05, 4.69) is 0 Å². The van der Waals surface area contributed by atoms with E-state index in [-0.39, 0.29) is 16.7 Å². The first-order valence-corrected chi connectivity index (χ1v) is 7.48. The molecule has 1 aromatic rings. The first-order chi connectivity index (χ1) is 8.91. The van der Waals surface area contributed by atoms with Gasteiger partial charge >= 0.3 is 0 Å². The standard InChI is InChI=1S/C12H17FN2O3S/c1-15(8-9-3-2-6-18-9)19(16,17)10-4-5-11(13)12(14)7-10/h4-5,7,9H,2-3,6,8,14H2,1H3. The van der Waals surface area contributed by atoms with Crippen molar-refractivity contribution in [3.05, 3.63) is 24.0 Å². The molecule has 1 fully saturated rings. The molecule has 2 rings (SSSR count). The van der Waals surface area contributed by atoms with Crippen LogP contribution in [0.1, 0.15) is 12.8 Å². The highest BCUT2D eigenvalue weighted by molar-refractivity contribution is 7.89. The number of sulfonamides is 1. The van der Waals surface area contributed by atoms with Gasteiger partial charge in [-0.05, 0) is 31.0 Å². The van der Waals surface area contributed by atoms with Gasteiger partial charge in [-0.25, -0.2) is 12.8 Å². The van der Waals surface area contributed by atoms with E-state index in [0.29, 0.717) is 13.2 Å². The Labute approximate surface area is 112 Å². The monoisotopic (exact) mass is 288 g/mol. The Balaban J connectivity index is 2.18. The topological polar surface area (TPSA) is 72.6 Å². The second-order valence-corrected chi connectivity index (χ2v) is 6.65. The number of likely N-dealkylation sites (N-methyl/N-ethyl adjacent to an activating group) is 1. The number of rotatable bonds is 4. The zero-order valence-corrected chi connectivity index (χ0v) is 11.5. The zero-order chi connectivity index (χ0) is 14.0. The summed E-state index contributed by atoms with van der Waals surface area (Å²) in [6, 6.07) is 3.41. The van der Waals surface area contributed by atoms with E-state index in [0.717, 1.165) is 25.0 Å². The van der Waals surface area contributed by atoms with E-state index in [1.807, 2.05) is 0 Å². The van der Waals surface area contributed by atoms with Crippen LogP contribution in [0.3, 0.4) is 0 Å². The molecule has 2 N–H and O–H groups in total. The van der Waals surface area contributed by atoms with Gasteiger partial charge in [0.25, 0.3) is 0 Å². The summed E-state index contributed by atoms with van der Waals surface area (Å²) in [5, 5.41) is 0. The highest BCUT2D eigenvalue weighted by atomic mass is 32.2. The molecule has 0 saturated carbocycles. The van der Waals surface area contributed by atoms with Gasteiger partial charge in [0.2, 0.25) is 10.0 Å². The number of halogens is 1. The van der Waals surface area contributed by atoms with E-state index in [9.17, 15) is 12.8 Å². The Morgan fingerprint density at radius 1 is 1.53 bits per heavy atom. The minimum atomic E-state index is -3.66.